The Balaban J connectivity index is 1.58. The van der Waals surface area contributed by atoms with Gasteiger partial charge in [0.15, 0.2) is 0 Å². The fourth-order valence-electron chi connectivity index (χ4n) is 2.26. The molecule has 0 aliphatic carbocycles. The Hall–Kier alpha value is -3.01. The molecule has 0 radical (unpaired) electrons. The van der Waals surface area contributed by atoms with Crippen LogP contribution in [0.15, 0.2) is 77.4 Å². The molecular formula is C19H17NO3. The van der Waals surface area contributed by atoms with Crippen molar-refractivity contribution >= 4 is 16.7 Å². The van der Waals surface area contributed by atoms with Gasteiger partial charge in [0.05, 0.1) is 12.8 Å². The average molecular weight is 307 g/mol. The minimum absolute atomic E-state index is 0.137. The van der Waals surface area contributed by atoms with E-state index < -0.39 is 0 Å². The Kier molecular flexibility index (Phi) is 4.43. The lowest BCUT2D eigenvalue weighted by molar-refractivity contribution is -0.118. The Labute approximate surface area is 134 Å². The van der Waals surface area contributed by atoms with E-state index in [4.69, 9.17) is 9.15 Å². The summed E-state index contributed by atoms with van der Waals surface area (Å²) in [4.78, 5) is 12.0. The van der Waals surface area contributed by atoms with Gasteiger partial charge in [-0.1, -0.05) is 43.0 Å². The molecule has 0 saturated carbocycles. The SMILES string of the molecule is C=C(COc1cccc2ccccc12)C(=O)NCc1ccco1. The van der Waals surface area contributed by atoms with E-state index in [1.807, 2.05) is 42.5 Å². The van der Waals surface area contributed by atoms with Gasteiger partial charge >= 0.3 is 0 Å². The van der Waals surface area contributed by atoms with Crippen LogP contribution in [0.5, 0.6) is 5.75 Å². The maximum atomic E-state index is 12.0. The average Bonchev–Trinajstić information content (AvgIpc) is 3.11. The Morgan fingerprint density at radius 1 is 1.09 bits per heavy atom. The van der Waals surface area contributed by atoms with Crippen molar-refractivity contribution in [3.05, 3.63) is 78.8 Å². The molecule has 0 fully saturated rings. The summed E-state index contributed by atoms with van der Waals surface area (Å²) >= 11 is 0. The molecule has 1 heterocycles. The van der Waals surface area contributed by atoms with Crippen molar-refractivity contribution in [2.45, 2.75) is 6.54 Å². The highest BCUT2D eigenvalue weighted by atomic mass is 16.5. The number of furan rings is 1. The number of hydrogen-bond acceptors (Lipinski definition) is 3. The van der Waals surface area contributed by atoms with Gasteiger partial charge < -0.3 is 14.5 Å². The van der Waals surface area contributed by atoms with Crippen LogP contribution in [-0.2, 0) is 11.3 Å². The van der Waals surface area contributed by atoms with Crippen LogP contribution in [0.2, 0.25) is 0 Å². The smallest absolute Gasteiger partial charge is 0.250 e. The summed E-state index contributed by atoms with van der Waals surface area (Å²) in [5.41, 5.74) is 0.365. The van der Waals surface area contributed by atoms with Crippen molar-refractivity contribution in [1.82, 2.24) is 5.32 Å². The third-order valence-electron chi connectivity index (χ3n) is 3.48. The van der Waals surface area contributed by atoms with E-state index in [-0.39, 0.29) is 12.5 Å². The van der Waals surface area contributed by atoms with E-state index in [1.54, 1.807) is 18.4 Å². The summed E-state index contributed by atoms with van der Waals surface area (Å²) in [5, 5.41) is 4.85. The highest BCUT2D eigenvalue weighted by Crippen LogP contribution is 2.25. The number of carbonyl (C=O) groups is 1. The second-order valence-corrected chi connectivity index (χ2v) is 5.13. The van der Waals surface area contributed by atoms with Gasteiger partial charge in [-0.15, -0.1) is 0 Å². The largest absolute Gasteiger partial charge is 0.488 e. The second kappa shape index (κ2) is 6.83. The zero-order valence-electron chi connectivity index (χ0n) is 12.6. The van der Waals surface area contributed by atoms with E-state index in [0.717, 1.165) is 16.5 Å². The highest BCUT2D eigenvalue weighted by Gasteiger charge is 2.09. The van der Waals surface area contributed by atoms with Gasteiger partial charge in [0, 0.05) is 11.0 Å². The number of amides is 1. The molecule has 0 atom stereocenters. The molecule has 3 aromatic rings. The topological polar surface area (TPSA) is 51.5 Å². The Bertz CT molecular complexity index is 816. The first-order valence-electron chi connectivity index (χ1n) is 7.33. The van der Waals surface area contributed by atoms with Gasteiger partial charge in [0.2, 0.25) is 5.91 Å². The standard InChI is InChI=1S/C19H17NO3/c1-14(19(21)20-12-16-8-5-11-22-16)13-23-18-10-4-7-15-6-2-3-9-17(15)18/h2-11H,1,12-13H2,(H,20,21). The van der Waals surface area contributed by atoms with Crippen molar-refractivity contribution in [3.63, 3.8) is 0 Å². The van der Waals surface area contributed by atoms with Crippen molar-refractivity contribution < 1.29 is 13.9 Å². The van der Waals surface area contributed by atoms with Crippen molar-refractivity contribution in [1.29, 1.82) is 0 Å². The third-order valence-corrected chi connectivity index (χ3v) is 3.48. The van der Waals surface area contributed by atoms with Crippen LogP contribution in [-0.4, -0.2) is 12.5 Å². The van der Waals surface area contributed by atoms with Gasteiger partial charge in [-0.2, -0.15) is 0 Å². The Morgan fingerprint density at radius 2 is 1.91 bits per heavy atom. The highest BCUT2D eigenvalue weighted by molar-refractivity contribution is 5.93. The summed E-state index contributed by atoms with van der Waals surface area (Å²) < 4.78 is 10.9. The van der Waals surface area contributed by atoms with Gasteiger partial charge in [0.1, 0.15) is 18.1 Å². The summed E-state index contributed by atoms with van der Waals surface area (Å²) in [6.07, 6.45) is 1.57. The molecule has 3 rings (SSSR count). The molecule has 0 spiro atoms. The molecule has 2 aromatic carbocycles. The summed E-state index contributed by atoms with van der Waals surface area (Å²) in [7, 11) is 0. The van der Waals surface area contributed by atoms with Gasteiger partial charge in [-0.3, -0.25) is 4.79 Å². The van der Waals surface area contributed by atoms with Crippen molar-refractivity contribution in [2.24, 2.45) is 0 Å². The monoisotopic (exact) mass is 307 g/mol. The summed E-state index contributed by atoms with van der Waals surface area (Å²) in [6.45, 7) is 4.25. The molecule has 116 valence electrons. The fraction of sp³-hybridized carbons (Fsp3) is 0.105. The minimum Gasteiger partial charge on any atom is -0.488 e. The fourth-order valence-corrected chi connectivity index (χ4v) is 2.26. The predicted molar refractivity (Wildman–Crippen MR) is 89.1 cm³/mol. The molecule has 0 unspecified atom stereocenters. The first kappa shape index (κ1) is 14.9. The predicted octanol–water partition coefficient (Wildman–Crippen LogP) is 3.68. The van der Waals surface area contributed by atoms with E-state index >= 15 is 0 Å². The molecule has 4 heteroatoms. The molecule has 1 N–H and O–H groups in total. The number of ether oxygens (including phenoxy) is 1. The van der Waals surface area contributed by atoms with Crippen LogP contribution in [0.4, 0.5) is 0 Å². The first-order valence-corrected chi connectivity index (χ1v) is 7.33. The Morgan fingerprint density at radius 3 is 2.74 bits per heavy atom. The maximum absolute atomic E-state index is 12.0. The quantitative estimate of drug-likeness (QED) is 0.707. The van der Waals surface area contributed by atoms with Crippen LogP contribution < -0.4 is 10.1 Å². The van der Waals surface area contributed by atoms with Crippen LogP contribution in [0.25, 0.3) is 10.8 Å². The zero-order valence-corrected chi connectivity index (χ0v) is 12.6. The van der Waals surface area contributed by atoms with Crippen LogP contribution >= 0.6 is 0 Å². The van der Waals surface area contributed by atoms with Gasteiger partial charge in [-0.05, 0) is 23.6 Å². The number of rotatable bonds is 6. The number of hydrogen-bond donors (Lipinski definition) is 1. The molecule has 0 bridgehead atoms. The molecular weight excluding hydrogens is 290 g/mol. The van der Waals surface area contributed by atoms with Crippen LogP contribution in [0.1, 0.15) is 5.76 Å². The number of carbonyl (C=O) groups excluding carboxylic acids is 1. The number of benzene rings is 2. The second-order valence-electron chi connectivity index (χ2n) is 5.13. The lowest BCUT2D eigenvalue weighted by Crippen LogP contribution is -2.26. The van der Waals surface area contributed by atoms with Crippen molar-refractivity contribution in [2.75, 3.05) is 6.61 Å². The molecule has 0 saturated heterocycles. The summed E-state index contributed by atoms with van der Waals surface area (Å²) in [6, 6.07) is 17.4. The van der Waals surface area contributed by atoms with Gasteiger partial charge in [0.25, 0.3) is 0 Å². The first-order chi connectivity index (χ1) is 11.2. The molecule has 4 nitrogen and oxygen atoms in total. The van der Waals surface area contributed by atoms with E-state index in [0.29, 0.717) is 17.9 Å². The number of nitrogens with one attached hydrogen (secondary N) is 1. The normalized spacial score (nSPS) is 10.4. The van der Waals surface area contributed by atoms with Crippen LogP contribution in [0.3, 0.4) is 0 Å². The molecule has 1 amide bonds. The maximum Gasteiger partial charge on any atom is 0.250 e. The third kappa shape index (κ3) is 3.61. The molecule has 0 aliphatic heterocycles. The van der Waals surface area contributed by atoms with Crippen LogP contribution in [0, 0.1) is 0 Å². The molecule has 23 heavy (non-hydrogen) atoms. The van der Waals surface area contributed by atoms with Gasteiger partial charge in [-0.25, -0.2) is 0 Å². The minimum atomic E-state index is -0.248. The lowest BCUT2D eigenvalue weighted by atomic mass is 10.1. The molecule has 1 aromatic heterocycles. The zero-order chi connectivity index (χ0) is 16.1. The molecule has 0 aliphatic rings. The van der Waals surface area contributed by atoms with E-state index in [9.17, 15) is 4.79 Å². The van der Waals surface area contributed by atoms with E-state index in [2.05, 4.69) is 11.9 Å². The van der Waals surface area contributed by atoms with Crippen molar-refractivity contribution in [3.8, 4) is 5.75 Å². The van der Waals surface area contributed by atoms with E-state index in [1.165, 1.54) is 0 Å². The summed E-state index contributed by atoms with van der Waals surface area (Å²) in [5.74, 6) is 1.19. The number of fused-ring (bicyclic) bond motifs is 1. The lowest BCUT2D eigenvalue weighted by Gasteiger charge is -2.11.